The number of benzene rings is 2. The second-order valence-electron chi connectivity index (χ2n) is 9.40. The quantitative estimate of drug-likeness (QED) is 0.347. The molecule has 0 heterocycles. The Morgan fingerprint density at radius 2 is 1.82 bits per heavy atom. The minimum absolute atomic E-state index is 0.106. The highest BCUT2D eigenvalue weighted by Gasteiger charge is 2.71. The van der Waals surface area contributed by atoms with E-state index < -0.39 is 27.1 Å². The zero-order valence-corrected chi connectivity index (χ0v) is 19.3. The van der Waals surface area contributed by atoms with Gasteiger partial charge in [0.25, 0.3) is 5.69 Å². The lowest BCUT2D eigenvalue weighted by molar-refractivity contribution is -0.384. The molecule has 0 aromatic heterocycles. The number of oxime groups is 1. The minimum Gasteiger partial charge on any atom is -0.326 e. The van der Waals surface area contributed by atoms with Crippen LogP contribution in [0.15, 0.2) is 53.7 Å². The molecule has 0 radical (unpaired) electrons. The summed E-state index contributed by atoms with van der Waals surface area (Å²) in [5, 5.41) is 18.5. The van der Waals surface area contributed by atoms with E-state index >= 15 is 0 Å². The Morgan fingerprint density at radius 1 is 1.12 bits per heavy atom. The SMILES string of the molecule is CC12CCC(C(=O)Nc3cccc(Cl)c3)(CC1=NOC(=O)c1ccc([N+](=O)[O-])cc1)C2(C)C. The summed E-state index contributed by atoms with van der Waals surface area (Å²) in [6.07, 6.45) is 1.80. The molecule has 2 aromatic carbocycles. The molecule has 2 unspecified atom stereocenters. The smallest absolute Gasteiger partial charge is 0.326 e. The van der Waals surface area contributed by atoms with Crippen LogP contribution in [-0.2, 0) is 9.63 Å². The monoisotopic (exact) mass is 469 g/mol. The van der Waals surface area contributed by atoms with Crippen LogP contribution in [0, 0.1) is 26.4 Å². The highest BCUT2D eigenvalue weighted by atomic mass is 35.5. The molecular weight excluding hydrogens is 446 g/mol. The van der Waals surface area contributed by atoms with Crippen LogP contribution >= 0.6 is 11.6 Å². The van der Waals surface area contributed by atoms with E-state index in [-0.39, 0.29) is 17.2 Å². The molecule has 1 N–H and O–H groups in total. The highest BCUT2D eigenvalue weighted by Crippen LogP contribution is 2.71. The number of amides is 1. The van der Waals surface area contributed by atoms with Gasteiger partial charge in [-0.25, -0.2) is 4.79 Å². The van der Waals surface area contributed by atoms with Gasteiger partial charge in [-0.1, -0.05) is 43.6 Å². The first-order valence-corrected chi connectivity index (χ1v) is 11.0. The van der Waals surface area contributed by atoms with Gasteiger partial charge in [-0.05, 0) is 48.6 Å². The van der Waals surface area contributed by atoms with Crippen LogP contribution in [0.3, 0.4) is 0 Å². The lowest BCUT2D eigenvalue weighted by Crippen LogP contribution is -2.43. The second kappa shape index (κ2) is 7.95. The van der Waals surface area contributed by atoms with E-state index in [2.05, 4.69) is 24.3 Å². The number of non-ortho nitro benzene ring substituents is 1. The molecule has 8 nitrogen and oxygen atoms in total. The molecule has 0 spiro atoms. The van der Waals surface area contributed by atoms with E-state index in [4.69, 9.17) is 16.4 Å². The molecule has 2 aliphatic carbocycles. The molecular formula is C24H24ClN3O5. The first-order valence-electron chi connectivity index (χ1n) is 10.6. The Kier molecular flexibility index (Phi) is 5.52. The van der Waals surface area contributed by atoms with Crippen LogP contribution in [0.5, 0.6) is 0 Å². The maximum Gasteiger partial charge on any atom is 0.365 e. The number of hydrogen-bond donors (Lipinski definition) is 1. The van der Waals surface area contributed by atoms with Crippen molar-refractivity contribution in [2.24, 2.45) is 21.4 Å². The number of nitro groups is 1. The summed E-state index contributed by atoms with van der Waals surface area (Å²) < 4.78 is 0. The Labute approximate surface area is 196 Å². The normalized spacial score (nSPS) is 26.2. The number of rotatable bonds is 5. The minimum atomic E-state index is -0.709. The number of nitrogens with zero attached hydrogens (tertiary/aromatic N) is 2. The number of carbonyl (C=O) groups is 2. The number of nitrogens with one attached hydrogen (secondary N) is 1. The molecule has 9 heteroatoms. The summed E-state index contributed by atoms with van der Waals surface area (Å²) >= 11 is 6.06. The van der Waals surface area contributed by atoms with Crippen LogP contribution in [-0.4, -0.2) is 22.5 Å². The molecule has 2 fully saturated rings. The number of carbonyl (C=O) groups excluding carboxylic acids is 2. The Morgan fingerprint density at radius 3 is 2.45 bits per heavy atom. The van der Waals surface area contributed by atoms with E-state index in [1.807, 2.05) is 6.92 Å². The van der Waals surface area contributed by atoms with Gasteiger partial charge in [-0.3, -0.25) is 14.9 Å². The topological polar surface area (TPSA) is 111 Å². The molecule has 4 rings (SSSR count). The van der Waals surface area contributed by atoms with Crippen molar-refractivity contribution in [3.05, 3.63) is 69.2 Å². The van der Waals surface area contributed by atoms with E-state index in [0.29, 0.717) is 29.3 Å². The van der Waals surface area contributed by atoms with Crippen molar-refractivity contribution in [1.82, 2.24) is 0 Å². The summed E-state index contributed by atoms with van der Waals surface area (Å²) in [6, 6.07) is 12.1. The molecule has 2 saturated carbocycles. The summed E-state index contributed by atoms with van der Waals surface area (Å²) in [6.45, 7) is 6.16. The third-order valence-corrected chi connectivity index (χ3v) is 8.04. The molecule has 2 aliphatic rings. The van der Waals surface area contributed by atoms with Crippen LogP contribution in [0.1, 0.15) is 50.4 Å². The van der Waals surface area contributed by atoms with Gasteiger partial charge in [0.2, 0.25) is 5.91 Å². The number of hydrogen-bond acceptors (Lipinski definition) is 6. The van der Waals surface area contributed by atoms with E-state index in [1.54, 1.807) is 24.3 Å². The van der Waals surface area contributed by atoms with Crippen LogP contribution in [0.2, 0.25) is 5.02 Å². The fourth-order valence-corrected chi connectivity index (χ4v) is 5.40. The average molecular weight is 470 g/mol. The Balaban J connectivity index is 1.56. The lowest BCUT2D eigenvalue weighted by atomic mass is 9.64. The molecule has 1 amide bonds. The van der Waals surface area contributed by atoms with Gasteiger partial charge in [-0.2, -0.15) is 0 Å². The van der Waals surface area contributed by atoms with Crippen LogP contribution in [0.4, 0.5) is 11.4 Å². The zero-order chi connectivity index (χ0) is 24.0. The van der Waals surface area contributed by atoms with Crippen molar-refractivity contribution in [2.75, 3.05) is 5.32 Å². The van der Waals surface area contributed by atoms with Gasteiger partial charge in [-0.15, -0.1) is 0 Å². The maximum absolute atomic E-state index is 13.5. The van der Waals surface area contributed by atoms with Gasteiger partial charge in [0.05, 0.1) is 21.6 Å². The first kappa shape index (κ1) is 22.9. The molecule has 2 aromatic rings. The van der Waals surface area contributed by atoms with Gasteiger partial charge in [0, 0.05) is 34.7 Å². The largest absolute Gasteiger partial charge is 0.365 e. The summed E-state index contributed by atoms with van der Waals surface area (Å²) in [5.41, 5.74) is -0.228. The van der Waals surface area contributed by atoms with E-state index in [1.165, 1.54) is 24.3 Å². The lowest BCUT2D eigenvalue weighted by Gasteiger charge is -2.39. The molecule has 0 aliphatic heterocycles. The molecule has 2 atom stereocenters. The summed E-state index contributed by atoms with van der Waals surface area (Å²) in [7, 11) is 0. The van der Waals surface area contributed by atoms with Crippen molar-refractivity contribution in [3.8, 4) is 0 Å². The predicted molar refractivity (Wildman–Crippen MR) is 124 cm³/mol. The number of halogens is 1. The molecule has 33 heavy (non-hydrogen) atoms. The van der Waals surface area contributed by atoms with Gasteiger partial charge in [0.15, 0.2) is 0 Å². The molecule has 0 saturated heterocycles. The van der Waals surface area contributed by atoms with Gasteiger partial charge < -0.3 is 10.2 Å². The standard InChI is InChI=1S/C24H24ClN3O5/c1-22(2)23(3)11-12-24(22,21(30)26-17-6-4-5-16(25)13-17)14-19(23)27-33-20(29)15-7-9-18(10-8-15)28(31)32/h4-10,13H,11-12,14H2,1-3H3,(H,26,30). The number of anilines is 1. The Hall–Kier alpha value is -3.26. The zero-order valence-electron chi connectivity index (χ0n) is 18.6. The van der Waals surface area contributed by atoms with Gasteiger partial charge >= 0.3 is 5.97 Å². The van der Waals surface area contributed by atoms with E-state index in [0.717, 1.165) is 6.42 Å². The van der Waals surface area contributed by atoms with Crippen molar-refractivity contribution < 1.29 is 19.3 Å². The molecule has 2 bridgehead atoms. The number of fused-ring (bicyclic) bond motifs is 2. The van der Waals surface area contributed by atoms with Crippen LogP contribution < -0.4 is 5.32 Å². The highest BCUT2D eigenvalue weighted by molar-refractivity contribution is 6.30. The van der Waals surface area contributed by atoms with E-state index in [9.17, 15) is 19.7 Å². The second-order valence-corrected chi connectivity index (χ2v) is 9.84. The van der Waals surface area contributed by atoms with Crippen molar-refractivity contribution in [2.45, 2.75) is 40.0 Å². The number of nitro benzene ring substituents is 1. The first-order chi connectivity index (χ1) is 15.5. The summed E-state index contributed by atoms with van der Waals surface area (Å²) in [4.78, 5) is 41.4. The fraction of sp³-hybridized carbons (Fsp3) is 0.375. The Bertz CT molecular complexity index is 1180. The predicted octanol–water partition coefficient (Wildman–Crippen LogP) is 5.62. The molecule has 172 valence electrons. The summed E-state index contributed by atoms with van der Waals surface area (Å²) in [5.74, 6) is -0.815. The van der Waals surface area contributed by atoms with Crippen molar-refractivity contribution in [1.29, 1.82) is 0 Å². The van der Waals surface area contributed by atoms with Gasteiger partial charge in [0.1, 0.15) is 0 Å². The van der Waals surface area contributed by atoms with Crippen molar-refractivity contribution >= 4 is 40.6 Å². The van der Waals surface area contributed by atoms with Crippen LogP contribution in [0.25, 0.3) is 0 Å². The maximum atomic E-state index is 13.5. The third kappa shape index (κ3) is 3.58. The van der Waals surface area contributed by atoms with Crippen molar-refractivity contribution in [3.63, 3.8) is 0 Å². The fourth-order valence-electron chi connectivity index (χ4n) is 5.21. The average Bonchev–Trinajstić information content (AvgIpc) is 3.08. The third-order valence-electron chi connectivity index (χ3n) is 7.80.